The minimum atomic E-state index is -0.0584. The first kappa shape index (κ1) is 11.0. The first-order valence-corrected chi connectivity index (χ1v) is 6.00. The molecule has 1 aromatic carbocycles. The molecule has 1 aliphatic rings. The summed E-state index contributed by atoms with van der Waals surface area (Å²) in [7, 11) is 0. The number of carbonyl (C=O) groups is 1. The molecule has 0 saturated heterocycles. The summed E-state index contributed by atoms with van der Waals surface area (Å²) in [5, 5.41) is 2.74. The number of aryl methyl sites for hydroxylation is 2. The normalized spacial score (nSPS) is 16.2. The average molecular weight is 242 g/mol. The fourth-order valence-electron chi connectivity index (χ4n) is 2.43. The summed E-state index contributed by atoms with van der Waals surface area (Å²) < 4.78 is 5.68. The molecule has 0 unspecified atom stereocenters. The summed E-state index contributed by atoms with van der Waals surface area (Å²) in [6.45, 7) is 3.35. The molecular weight excluding hydrogens is 228 g/mol. The van der Waals surface area contributed by atoms with Gasteiger partial charge in [0.15, 0.2) is 11.5 Å². The Bertz CT molecular complexity index is 668. The third-order valence-corrected chi connectivity index (χ3v) is 3.19. The Morgan fingerprint density at radius 1 is 1.44 bits per heavy atom. The van der Waals surface area contributed by atoms with Crippen LogP contribution in [0.3, 0.4) is 0 Å². The zero-order valence-corrected chi connectivity index (χ0v) is 10.4. The second kappa shape index (κ2) is 3.98. The lowest BCUT2D eigenvalue weighted by molar-refractivity contribution is -0.118. The van der Waals surface area contributed by atoms with Crippen LogP contribution in [0, 0.1) is 6.92 Å². The molecule has 1 aliphatic carbocycles. The van der Waals surface area contributed by atoms with Crippen LogP contribution in [0.5, 0.6) is 0 Å². The van der Waals surface area contributed by atoms with Crippen molar-refractivity contribution in [1.29, 1.82) is 0 Å². The summed E-state index contributed by atoms with van der Waals surface area (Å²) in [4.78, 5) is 15.3. The van der Waals surface area contributed by atoms with E-state index in [1.807, 2.05) is 13.0 Å². The Kier molecular flexibility index (Phi) is 2.44. The Balaban J connectivity index is 2.16. The van der Waals surface area contributed by atoms with Crippen LogP contribution in [0.4, 0.5) is 0 Å². The van der Waals surface area contributed by atoms with Gasteiger partial charge in [0.2, 0.25) is 5.91 Å². The number of hydrogen-bond acceptors (Lipinski definition) is 3. The molecule has 0 radical (unpaired) electrons. The van der Waals surface area contributed by atoms with Crippen molar-refractivity contribution in [3.05, 3.63) is 35.4 Å². The van der Waals surface area contributed by atoms with Gasteiger partial charge in [-0.15, -0.1) is 0 Å². The minimum Gasteiger partial charge on any atom is -0.440 e. The van der Waals surface area contributed by atoms with E-state index in [0.717, 1.165) is 35.1 Å². The lowest BCUT2D eigenvalue weighted by Gasteiger charge is -2.02. The number of fused-ring (bicyclic) bond motifs is 3. The second-order valence-electron chi connectivity index (χ2n) is 4.55. The molecule has 1 heterocycles. The number of amides is 1. The Hall–Kier alpha value is -2.10. The zero-order chi connectivity index (χ0) is 12.7. The molecule has 4 nitrogen and oxygen atoms in total. The SMILES string of the molecule is CC(=O)N/C=C1\CCc2ccc3nc(C)oc3c21. The van der Waals surface area contributed by atoms with Crippen LogP contribution in [0.2, 0.25) is 0 Å². The first-order chi connectivity index (χ1) is 8.65. The van der Waals surface area contributed by atoms with Gasteiger partial charge < -0.3 is 9.73 Å². The molecule has 3 rings (SSSR count). The van der Waals surface area contributed by atoms with E-state index >= 15 is 0 Å². The van der Waals surface area contributed by atoms with Gasteiger partial charge >= 0.3 is 0 Å². The molecule has 0 saturated carbocycles. The first-order valence-electron chi connectivity index (χ1n) is 6.00. The van der Waals surface area contributed by atoms with Crippen LogP contribution in [-0.4, -0.2) is 10.9 Å². The predicted molar refractivity (Wildman–Crippen MR) is 68.9 cm³/mol. The van der Waals surface area contributed by atoms with Gasteiger partial charge in [-0.25, -0.2) is 4.98 Å². The summed E-state index contributed by atoms with van der Waals surface area (Å²) in [5.41, 5.74) is 5.18. The van der Waals surface area contributed by atoms with Gasteiger partial charge in [0.1, 0.15) is 5.52 Å². The molecule has 0 fully saturated rings. The predicted octanol–water partition coefficient (Wildman–Crippen LogP) is 2.56. The van der Waals surface area contributed by atoms with Crippen LogP contribution in [0.1, 0.15) is 30.4 Å². The maximum atomic E-state index is 11.0. The highest BCUT2D eigenvalue weighted by atomic mass is 16.3. The molecule has 92 valence electrons. The van der Waals surface area contributed by atoms with E-state index in [1.165, 1.54) is 12.5 Å². The largest absolute Gasteiger partial charge is 0.440 e. The number of hydrogen-bond donors (Lipinski definition) is 1. The van der Waals surface area contributed by atoms with Gasteiger partial charge in [-0.2, -0.15) is 0 Å². The Morgan fingerprint density at radius 2 is 2.28 bits per heavy atom. The van der Waals surface area contributed by atoms with E-state index in [2.05, 4.69) is 16.4 Å². The third-order valence-electron chi connectivity index (χ3n) is 3.19. The molecule has 0 bridgehead atoms. The highest BCUT2D eigenvalue weighted by molar-refractivity contribution is 5.92. The standard InChI is InChI=1S/C14H14N2O2/c1-8(17)15-7-11-4-3-10-5-6-12-14(13(10)11)18-9(2)16-12/h5-7H,3-4H2,1-2H3,(H,15,17)/b11-7+. The van der Waals surface area contributed by atoms with E-state index in [-0.39, 0.29) is 5.91 Å². The van der Waals surface area contributed by atoms with Crippen molar-refractivity contribution in [1.82, 2.24) is 10.3 Å². The highest BCUT2D eigenvalue weighted by Crippen LogP contribution is 2.37. The zero-order valence-electron chi connectivity index (χ0n) is 10.4. The quantitative estimate of drug-likeness (QED) is 0.836. The maximum absolute atomic E-state index is 11.0. The topological polar surface area (TPSA) is 55.1 Å². The van der Waals surface area contributed by atoms with Crippen LogP contribution in [0.15, 0.2) is 22.7 Å². The van der Waals surface area contributed by atoms with E-state index in [1.54, 1.807) is 6.20 Å². The number of aromatic nitrogens is 1. The number of nitrogens with one attached hydrogen (secondary N) is 1. The third kappa shape index (κ3) is 1.70. The minimum absolute atomic E-state index is 0.0584. The number of rotatable bonds is 1. The van der Waals surface area contributed by atoms with Crippen molar-refractivity contribution in [2.75, 3.05) is 0 Å². The second-order valence-corrected chi connectivity index (χ2v) is 4.55. The van der Waals surface area contributed by atoms with Crippen molar-refractivity contribution in [3.63, 3.8) is 0 Å². The number of nitrogens with zero attached hydrogens (tertiary/aromatic N) is 1. The van der Waals surface area contributed by atoms with Crippen molar-refractivity contribution < 1.29 is 9.21 Å². The van der Waals surface area contributed by atoms with Crippen molar-refractivity contribution >= 4 is 22.6 Å². The van der Waals surface area contributed by atoms with E-state index in [9.17, 15) is 4.79 Å². The summed E-state index contributed by atoms with van der Waals surface area (Å²) in [6, 6.07) is 4.08. The van der Waals surface area contributed by atoms with Crippen LogP contribution in [-0.2, 0) is 11.2 Å². The van der Waals surface area contributed by atoms with Crippen molar-refractivity contribution in [2.24, 2.45) is 0 Å². The van der Waals surface area contributed by atoms with Gasteiger partial charge in [-0.3, -0.25) is 4.79 Å². The van der Waals surface area contributed by atoms with Gasteiger partial charge in [-0.1, -0.05) is 6.07 Å². The molecule has 18 heavy (non-hydrogen) atoms. The van der Waals surface area contributed by atoms with Crippen LogP contribution >= 0.6 is 0 Å². The van der Waals surface area contributed by atoms with Crippen LogP contribution in [0.25, 0.3) is 16.7 Å². The van der Waals surface area contributed by atoms with Gasteiger partial charge in [-0.05, 0) is 30.0 Å². The number of allylic oxidation sites excluding steroid dienone is 1. The molecule has 1 aromatic heterocycles. The molecule has 4 heteroatoms. The smallest absolute Gasteiger partial charge is 0.220 e. The molecule has 0 spiro atoms. The monoisotopic (exact) mass is 242 g/mol. The van der Waals surface area contributed by atoms with Crippen molar-refractivity contribution in [2.45, 2.75) is 26.7 Å². The fourth-order valence-corrected chi connectivity index (χ4v) is 2.43. The summed E-state index contributed by atoms with van der Waals surface area (Å²) in [5.74, 6) is 0.612. The van der Waals surface area contributed by atoms with Crippen LogP contribution < -0.4 is 5.32 Å². The molecule has 1 amide bonds. The summed E-state index contributed by atoms with van der Waals surface area (Å²) >= 11 is 0. The maximum Gasteiger partial charge on any atom is 0.220 e. The van der Waals surface area contributed by atoms with Crippen molar-refractivity contribution in [3.8, 4) is 0 Å². The van der Waals surface area contributed by atoms with E-state index < -0.39 is 0 Å². The lowest BCUT2D eigenvalue weighted by atomic mass is 10.1. The molecule has 2 aromatic rings. The van der Waals surface area contributed by atoms with Gasteiger partial charge in [0, 0.05) is 25.6 Å². The Labute approximate surface area is 105 Å². The molecule has 0 aliphatic heterocycles. The lowest BCUT2D eigenvalue weighted by Crippen LogP contribution is -2.12. The summed E-state index contributed by atoms with van der Waals surface area (Å²) in [6.07, 6.45) is 3.69. The average Bonchev–Trinajstić information content (AvgIpc) is 2.87. The highest BCUT2D eigenvalue weighted by Gasteiger charge is 2.22. The number of oxazole rings is 1. The molecule has 0 atom stereocenters. The number of benzene rings is 1. The molecule has 1 N–H and O–H groups in total. The van der Waals surface area contributed by atoms with E-state index in [0.29, 0.717) is 5.89 Å². The molecular formula is C14H14N2O2. The van der Waals surface area contributed by atoms with Gasteiger partial charge in [0.25, 0.3) is 0 Å². The van der Waals surface area contributed by atoms with E-state index in [4.69, 9.17) is 4.42 Å². The Morgan fingerprint density at radius 3 is 3.06 bits per heavy atom. The fraction of sp³-hybridized carbons (Fsp3) is 0.286. The number of carbonyl (C=O) groups excluding carboxylic acids is 1. The van der Waals surface area contributed by atoms with Gasteiger partial charge in [0.05, 0.1) is 0 Å².